The molecular weight excluding hydrogens is 396 g/mol. The van der Waals surface area contributed by atoms with E-state index in [2.05, 4.69) is 15.0 Å². The Hall–Kier alpha value is -3.27. The van der Waals surface area contributed by atoms with E-state index >= 15 is 0 Å². The summed E-state index contributed by atoms with van der Waals surface area (Å²) in [5, 5.41) is 2.69. The minimum atomic E-state index is -3.78. The number of pyridine rings is 1. The van der Waals surface area contributed by atoms with Crippen LogP contribution in [0.1, 0.15) is 29.6 Å². The van der Waals surface area contributed by atoms with Crippen molar-refractivity contribution in [1.29, 1.82) is 0 Å². The van der Waals surface area contributed by atoms with Crippen molar-refractivity contribution in [3.05, 3.63) is 54.4 Å². The third-order valence-electron chi connectivity index (χ3n) is 4.36. The van der Waals surface area contributed by atoms with E-state index in [1.807, 2.05) is 0 Å². The van der Waals surface area contributed by atoms with Gasteiger partial charge in [0.15, 0.2) is 0 Å². The van der Waals surface area contributed by atoms with Gasteiger partial charge in [0, 0.05) is 43.9 Å². The van der Waals surface area contributed by atoms with Gasteiger partial charge in [-0.1, -0.05) is 0 Å². The van der Waals surface area contributed by atoms with Gasteiger partial charge in [-0.2, -0.15) is 0 Å². The van der Waals surface area contributed by atoms with Gasteiger partial charge in [0.1, 0.15) is 0 Å². The summed E-state index contributed by atoms with van der Waals surface area (Å²) in [6.45, 7) is 0.565. The molecule has 1 aliphatic heterocycles. The topological polar surface area (TPSA) is 126 Å². The van der Waals surface area contributed by atoms with Gasteiger partial charge in [-0.25, -0.2) is 8.42 Å². The Morgan fingerprint density at radius 3 is 2.24 bits per heavy atom. The molecule has 2 heterocycles. The standard InChI is InChI=1S/C19H20N4O5S/c24-17-6-7-18(25)23(17)13-1-10-21-19(26)14-2-4-16(5-3-14)29(27,28)22-15-8-11-20-12-9-15/h2-5,8-9,11-12H,1,6-7,10,13H2,(H,20,22)(H,21,26). The van der Waals surface area contributed by atoms with Crippen LogP contribution < -0.4 is 10.0 Å². The molecule has 1 aromatic carbocycles. The summed E-state index contributed by atoms with van der Waals surface area (Å²) in [6, 6.07) is 8.60. The lowest BCUT2D eigenvalue weighted by Crippen LogP contribution is -2.33. The summed E-state index contributed by atoms with van der Waals surface area (Å²) in [6.07, 6.45) is 3.89. The van der Waals surface area contributed by atoms with Gasteiger partial charge in [0.05, 0.1) is 10.6 Å². The lowest BCUT2D eigenvalue weighted by Gasteiger charge is -2.13. The zero-order chi connectivity index (χ0) is 20.9. The second-order valence-electron chi connectivity index (χ2n) is 6.41. The van der Waals surface area contributed by atoms with Crippen molar-refractivity contribution in [2.24, 2.45) is 0 Å². The van der Waals surface area contributed by atoms with Crippen molar-refractivity contribution in [2.75, 3.05) is 17.8 Å². The van der Waals surface area contributed by atoms with Crippen LogP contribution in [-0.2, 0) is 19.6 Å². The Labute approximate surface area is 168 Å². The van der Waals surface area contributed by atoms with Crippen molar-refractivity contribution < 1.29 is 22.8 Å². The van der Waals surface area contributed by atoms with Crippen molar-refractivity contribution in [2.45, 2.75) is 24.2 Å². The number of carbonyl (C=O) groups is 3. The maximum atomic E-state index is 12.4. The second-order valence-corrected chi connectivity index (χ2v) is 8.10. The van der Waals surface area contributed by atoms with E-state index in [4.69, 9.17) is 0 Å². The SMILES string of the molecule is O=C(NCCCN1C(=O)CCC1=O)c1ccc(S(=O)(=O)Nc2ccncc2)cc1. The molecule has 1 aliphatic rings. The van der Waals surface area contributed by atoms with Gasteiger partial charge in [-0.05, 0) is 42.8 Å². The predicted molar refractivity (Wildman–Crippen MR) is 104 cm³/mol. The van der Waals surface area contributed by atoms with Gasteiger partial charge in [0.25, 0.3) is 15.9 Å². The van der Waals surface area contributed by atoms with Crippen LogP contribution in [0.3, 0.4) is 0 Å². The first kappa shape index (κ1) is 20.5. The second kappa shape index (κ2) is 8.82. The Kier molecular flexibility index (Phi) is 6.23. The van der Waals surface area contributed by atoms with Crippen LogP contribution in [0.4, 0.5) is 5.69 Å². The predicted octanol–water partition coefficient (Wildman–Crippen LogP) is 1.15. The molecule has 0 saturated carbocycles. The number of likely N-dealkylation sites (tertiary alicyclic amines) is 1. The van der Waals surface area contributed by atoms with Gasteiger partial charge in [-0.15, -0.1) is 0 Å². The zero-order valence-electron chi connectivity index (χ0n) is 15.5. The number of rotatable bonds is 8. The quantitative estimate of drug-likeness (QED) is 0.491. The first-order valence-electron chi connectivity index (χ1n) is 9.01. The average Bonchev–Trinajstić information content (AvgIpc) is 3.03. The van der Waals surface area contributed by atoms with Crippen LogP contribution in [0.25, 0.3) is 0 Å². The molecule has 1 fully saturated rings. The monoisotopic (exact) mass is 416 g/mol. The summed E-state index contributed by atoms with van der Waals surface area (Å²) in [7, 11) is -3.78. The van der Waals surface area contributed by atoms with E-state index in [1.54, 1.807) is 0 Å². The van der Waals surface area contributed by atoms with Crippen molar-refractivity contribution in [1.82, 2.24) is 15.2 Å². The van der Waals surface area contributed by atoms with Crippen LogP contribution in [0.15, 0.2) is 53.7 Å². The number of sulfonamides is 1. The first-order chi connectivity index (χ1) is 13.9. The molecule has 0 bridgehead atoms. The zero-order valence-corrected chi connectivity index (χ0v) is 16.3. The largest absolute Gasteiger partial charge is 0.352 e. The molecular formula is C19H20N4O5S. The Morgan fingerprint density at radius 1 is 1.00 bits per heavy atom. The molecule has 9 nitrogen and oxygen atoms in total. The van der Waals surface area contributed by atoms with Crippen LogP contribution in [0, 0.1) is 0 Å². The first-order valence-corrected chi connectivity index (χ1v) is 10.5. The fourth-order valence-corrected chi connectivity index (χ4v) is 3.89. The molecule has 29 heavy (non-hydrogen) atoms. The van der Waals surface area contributed by atoms with Crippen molar-refractivity contribution >= 4 is 33.4 Å². The molecule has 152 valence electrons. The lowest BCUT2D eigenvalue weighted by molar-refractivity contribution is -0.138. The Balaban J connectivity index is 1.52. The van der Waals surface area contributed by atoms with Crippen molar-refractivity contribution in [3.8, 4) is 0 Å². The molecule has 10 heteroatoms. The molecule has 0 atom stereocenters. The van der Waals surface area contributed by atoms with Crippen LogP contribution >= 0.6 is 0 Å². The maximum Gasteiger partial charge on any atom is 0.261 e. The molecule has 0 radical (unpaired) electrons. The van der Waals surface area contributed by atoms with E-state index < -0.39 is 10.0 Å². The van der Waals surface area contributed by atoms with E-state index in [9.17, 15) is 22.8 Å². The van der Waals surface area contributed by atoms with Gasteiger partial charge in [0.2, 0.25) is 11.8 Å². The van der Waals surface area contributed by atoms with Crippen molar-refractivity contribution in [3.63, 3.8) is 0 Å². The average molecular weight is 416 g/mol. The minimum Gasteiger partial charge on any atom is -0.352 e. The molecule has 1 saturated heterocycles. The number of imide groups is 1. The Morgan fingerprint density at radius 2 is 1.62 bits per heavy atom. The van der Waals surface area contributed by atoms with Gasteiger partial charge < -0.3 is 5.32 Å². The van der Waals surface area contributed by atoms with Gasteiger partial charge >= 0.3 is 0 Å². The fraction of sp³-hybridized carbons (Fsp3) is 0.263. The van der Waals surface area contributed by atoms with E-state index in [0.717, 1.165) is 0 Å². The number of hydrogen-bond donors (Lipinski definition) is 2. The molecule has 3 amide bonds. The minimum absolute atomic E-state index is 0.0249. The maximum absolute atomic E-state index is 12.4. The molecule has 2 N–H and O–H groups in total. The summed E-state index contributed by atoms with van der Waals surface area (Å²) >= 11 is 0. The number of hydrogen-bond acceptors (Lipinski definition) is 6. The number of carbonyl (C=O) groups excluding carboxylic acids is 3. The van der Waals surface area contributed by atoms with Crippen LogP contribution in [0.5, 0.6) is 0 Å². The smallest absolute Gasteiger partial charge is 0.261 e. The molecule has 3 rings (SSSR count). The molecule has 0 spiro atoms. The molecule has 0 unspecified atom stereocenters. The number of aromatic nitrogens is 1. The van der Waals surface area contributed by atoms with E-state index in [1.165, 1.54) is 53.7 Å². The highest BCUT2D eigenvalue weighted by Crippen LogP contribution is 2.16. The number of amides is 3. The third kappa shape index (κ3) is 5.17. The highest BCUT2D eigenvalue weighted by atomic mass is 32.2. The molecule has 0 aliphatic carbocycles. The Bertz CT molecular complexity index is 991. The summed E-state index contributed by atoms with van der Waals surface area (Å²) in [5.74, 6) is -0.730. The highest BCUT2D eigenvalue weighted by molar-refractivity contribution is 7.92. The lowest BCUT2D eigenvalue weighted by atomic mass is 10.2. The summed E-state index contributed by atoms with van der Waals surface area (Å²) in [5.41, 5.74) is 0.693. The number of anilines is 1. The van der Waals surface area contributed by atoms with Gasteiger partial charge in [-0.3, -0.25) is 29.0 Å². The highest BCUT2D eigenvalue weighted by Gasteiger charge is 2.27. The van der Waals surface area contributed by atoms with E-state index in [0.29, 0.717) is 24.2 Å². The van der Waals surface area contributed by atoms with Crippen LogP contribution in [0.2, 0.25) is 0 Å². The number of benzene rings is 1. The summed E-state index contributed by atoms with van der Waals surface area (Å²) < 4.78 is 27.2. The molecule has 2 aromatic rings. The normalized spacial score (nSPS) is 14.1. The summed E-state index contributed by atoms with van der Waals surface area (Å²) in [4.78, 5) is 40.3. The number of nitrogens with one attached hydrogen (secondary N) is 2. The fourth-order valence-electron chi connectivity index (χ4n) is 2.83. The third-order valence-corrected chi connectivity index (χ3v) is 5.76. The molecule has 1 aromatic heterocycles. The van der Waals surface area contributed by atoms with Crippen LogP contribution in [-0.4, -0.2) is 49.1 Å². The van der Waals surface area contributed by atoms with E-state index in [-0.39, 0.29) is 42.0 Å². The number of nitrogens with zero attached hydrogens (tertiary/aromatic N) is 2.